The van der Waals surface area contributed by atoms with Gasteiger partial charge in [0.05, 0.1) is 0 Å². The van der Waals surface area contributed by atoms with E-state index in [2.05, 4.69) is 23.5 Å². The second kappa shape index (κ2) is 3.84. The van der Waals surface area contributed by atoms with Gasteiger partial charge in [-0.05, 0) is 73.6 Å². The van der Waals surface area contributed by atoms with Crippen molar-refractivity contribution in [2.75, 3.05) is 6.54 Å². The van der Waals surface area contributed by atoms with Crippen molar-refractivity contribution in [3.63, 3.8) is 0 Å². The Kier molecular flexibility index (Phi) is 2.29. The number of hydrogen-bond donors (Lipinski definition) is 1. The largest absolute Gasteiger partial charge is 0.310 e. The Bertz CT molecular complexity index is 423. The lowest BCUT2D eigenvalue weighted by molar-refractivity contribution is 0.639. The third kappa shape index (κ3) is 1.91. The summed E-state index contributed by atoms with van der Waals surface area (Å²) in [5.41, 5.74) is 4.93. The number of benzene rings is 1. The molecule has 2 saturated carbocycles. The highest BCUT2D eigenvalue weighted by atomic mass is 14.9. The summed E-state index contributed by atoms with van der Waals surface area (Å²) in [6.07, 6.45) is 8.37. The third-order valence-electron chi connectivity index (χ3n) is 4.61. The molecule has 1 saturated heterocycles. The van der Waals surface area contributed by atoms with Crippen LogP contribution in [0.1, 0.15) is 73.1 Å². The highest BCUT2D eigenvalue weighted by molar-refractivity contribution is 5.41. The average Bonchev–Trinajstić information content (AvgIpc) is 3.27. The van der Waals surface area contributed by atoms with Crippen molar-refractivity contribution in [3.05, 3.63) is 34.9 Å². The van der Waals surface area contributed by atoms with Gasteiger partial charge < -0.3 is 5.32 Å². The zero-order chi connectivity index (χ0) is 11.2. The summed E-state index contributed by atoms with van der Waals surface area (Å²) in [6, 6.07) is 8.03. The van der Waals surface area contributed by atoms with Crippen molar-refractivity contribution in [1.82, 2.24) is 5.32 Å². The maximum absolute atomic E-state index is 3.66. The van der Waals surface area contributed by atoms with Crippen LogP contribution in [0.2, 0.25) is 0 Å². The Morgan fingerprint density at radius 1 is 0.882 bits per heavy atom. The van der Waals surface area contributed by atoms with E-state index in [4.69, 9.17) is 0 Å². The summed E-state index contributed by atoms with van der Waals surface area (Å²) in [5.74, 6) is 1.80. The SMILES string of the molecule is c1cc(C2CCCN2)c(C2CC2)cc1C1CC1. The van der Waals surface area contributed by atoms with Gasteiger partial charge in [0.15, 0.2) is 0 Å². The van der Waals surface area contributed by atoms with E-state index in [1.165, 1.54) is 45.1 Å². The van der Waals surface area contributed by atoms with Crippen molar-refractivity contribution >= 4 is 0 Å². The van der Waals surface area contributed by atoms with Crippen LogP contribution in [-0.4, -0.2) is 6.54 Å². The van der Waals surface area contributed by atoms with Crippen molar-refractivity contribution < 1.29 is 0 Å². The summed E-state index contributed by atoms with van der Waals surface area (Å²) in [7, 11) is 0. The maximum atomic E-state index is 3.66. The first-order chi connectivity index (χ1) is 8.42. The first kappa shape index (κ1) is 10.1. The fraction of sp³-hybridized carbons (Fsp3) is 0.625. The molecule has 1 aromatic carbocycles. The van der Waals surface area contributed by atoms with Gasteiger partial charge in [0, 0.05) is 6.04 Å². The van der Waals surface area contributed by atoms with Crippen LogP contribution in [0.25, 0.3) is 0 Å². The molecule has 1 atom stereocenters. The molecule has 0 bridgehead atoms. The molecule has 1 aliphatic heterocycles. The normalized spacial score (nSPS) is 28.6. The molecule has 90 valence electrons. The minimum atomic E-state index is 0.652. The summed E-state index contributed by atoms with van der Waals surface area (Å²) >= 11 is 0. The molecule has 17 heavy (non-hydrogen) atoms. The molecule has 1 N–H and O–H groups in total. The molecule has 1 heteroatoms. The Morgan fingerprint density at radius 3 is 2.35 bits per heavy atom. The lowest BCUT2D eigenvalue weighted by Crippen LogP contribution is -2.14. The van der Waals surface area contributed by atoms with Gasteiger partial charge in [-0.15, -0.1) is 0 Å². The minimum absolute atomic E-state index is 0.652. The maximum Gasteiger partial charge on any atom is 0.0323 e. The first-order valence-corrected chi connectivity index (χ1v) is 7.29. The van der Waals surface area contributed by atoms with E-state index >= 15 is 0 Å². The van der Waals surface area contributed by atoms with Crippen molar-refractivity contribution in [2.24, 2.45) is 0 Å². The van der Waals surface area contributed by atoms with Gasteiger partial charge in [0.25, 0.3) is 0 Å². The van der Waals surface area contributed by atoms with E-state index in [1.54, 1.807) is 16.7 Å². The number of nitrogens with one attached hydrogen (secondary N) is 1. The molecular formula is C16H21N. The van der Waals surface area contributed by atoms with Gasteiger partial charge >= 0.3 is 0 Å². The topological polar surface area (TPSA) is 12.0 Å². The minimum Gasteiger partial charge on any atom is -0.310 e. The van der Waals surface area contributed by atoms with Crippen LogP contribution in [0.4, 0.5) is 0 Å². The van der Waals surface area contributed by atoms with Crippen LogP contribution >= 0.6 is 0 Å². The standard InChI is InChI=1S/C16H21N/c1-2-16(17-9-1)14-8-7-13(11-3-4-11)10-15(14)12-5-6-12/h7-8,10-12,16-17H,1-6,9H2. The zero-order valence-corrected chi connectivity index (χ0v) is 10.4. The van der Waals surface area contributed by atoms with Gasteiger partial charge in [-0.3, -0.25) is 0 Å². The van der Waals surface area contributed by atoms with Gasteiger partial charge in [-0.1, -0.05) is 18.2 Å². The lowest BCUT2D eigenvalue weighted by atomic mass is 9.93. The van der Waals surface area contributed by atoms with Crippen molar-refractivity contribution in [3.8, 4) is 0 Å². The Hall–Kier alpha value is -0.820. The first-order valence-electron chi connectivity index (χ1n) is 7.29. The number of rotatable bonds is 3. The van der Waals surface area contributed by atoms with E-state index in [9.17, 15) is 0 Å². The van der Waals surface area contributed by atoms with E-state index in [1.807, 2.05) is 0 Å². The van der Waals surface area contributed by atoms with Crippen LogP contribution in [0.15, 0.2) is 18.2 Å². The van der Waals surface area contributed by atoms with Crippen molar-refractivity contribution in [2.45, 2.75) is 56.4 Å². The molecule has 3 fully saturated rings. The fourth-order valence-electron chi connectivity index (χ4n) is 3.28. The van der Waals surface area contributed by atoms with E-state index in [0.717, 1.165) is 11.8 Å². The molecule has 1 heterocycles. The third-order valence-corrected chi connectivity index (χ3v) is 4.61. The van der Waals surface area contributed by atoms with Crippen LogP contribution < -0.4 is 5.32 Å². The Morgan fingerprint density at radius 2 is 1.71 bits per heavy atom. The molecule has 1 unspecified atom stereocenters. The second-order valence-electron chi connectivity index (χ2n) is 6.09. The molecule has 0 aromatic heterocycles. The molecule has 0 spiro atoms. The van der Waals surface area contributed by atoms with Crippen LogP contribution in [0, 0.1) is 0 Å². The molecule has 1 aromatic rings. The quantitative estimate of drug-likeness (QED) is 0.826. The summed E-state index contributed by atoms with van der Waals surface area (Å²) in [6.45, 7) is 1.21. The summed E-state index contributed by atoms with van der Waals surface area (Å²) in [4.78, 5) is 0. The van der Waals surface area contributed by atoms with Crippen LogP contribution in [-0.2, 0) is 0 Å². The summed E-state index contributed by atoms with van der Waals surface area (Å²) in [5, 5.41) is 3.66. The zero-order valence-electron chi connectivity index (χ0n) is 10.4. The Balaban J connectivity index is 1.71. The van der Waals surface area contributed by atoms with Gasteiger partial charge in [-0.25, -0.2) is 0 Å². The van der Waals surface area contributed by atoms with Gasteiger partial charge in [0.1, 0.15) is 0 Å². The van der Waals surface area contributed by atoms with E-state index in [-0.39, 0.29) is 0 Å². The van der Waals surface area contributed by atoms with Crippen LogP contribution in [0.3, 0.4) is 0 Å². The Labute approximate surface area is 104 Å². The highest BCUT2D eigenvalue weighted by Gasteiger charge is 2.31. The van der Waals surface area contributed by atoms with Crippen LogP contribution in [0.5, 0.6) is 0 Å². The van der Waals surface area contributed by atoms with Crippen molar-refractivity contribution in [1.29, 1.82) is 0 Å². The summed E-state index contributed by atoms with van der Waals surface area (Å²) < 4.78 is 0. The van der Waals surface area contributed by atoms with E-state index < -0.39 is 0 Å². The molecule has 3 aliphatic rings. The number of hydrogen-bond acceptors (Lipinski definition) is 1. The lowest BCUT2D eigenvalue weighted by Gasteiger charge is -2.17. The fourth-order valence-corrected chi connectivity index (χ4v) is 3.28. The average molecular weight is 227 g/mol. The highest BCUT2D eigenvalue weighted by Crippen LogP contribution is 2.47. The van der Waals surface area contributed by atoms with E-state index in [0.29, 0.717) is 6.04 Å². The predicted octanol–water partition coefficient (Wildman–Crippen LogP) is 3.87. The molecular weight excluding hydrogens is 206 g/mol. The predicted molar refractivity (Wildman–Crippen MR) is 70.4 cm³/mol. The molecule has 1 nitrogen and oxygen atoms in total. The molecule has 0 amide bonds. The second-order valence-corrected chi connectivity index (χ2v) is 6.09. The van der Waals surface area contributed by atoms with Gasteiger partial charge in [-0.2, -0.15) is 0 Å². The smallest absolute Gasteiger partial charge is 0.0323 e. The monoisotopic (exact) mass is 227 g/mol. The molecule has 0 radical (unpaired) electrons. The molecule has 2 aliphatic carbocycles. The molecule has 4 rings (SSSR count). The van der Waals surface area contributed by atoms with Gasteiger partial charge in [0.2, 0.25) is 0 Å².